The van der Waals surface area contributed by atoms with Gasteiger partial charge in [0.05, 0.1) is 29.3 Å². The number of Topliss-reactive ketones (excluding diaryl/α,β-unsaturated/α-hetero) is 1. The summed E-state index contributed by atoms with van der Waals surface area (Å²) in [5.74, 6) is -1.12. The minimum Gasteiger partial charge on any atom is -0.504 e. The van der Waals surface area contributed by atoms with Crippen molar-refractivity contribution in [2.45, 2.75) is 19.4 Å². The standard InChI is InChI=1S/C27H25N3O6/c1-17(31)22-23(20-13-14-21(32)26(36-2)25(20)30(34)35)28-27(33)29(16-15-18-9-5-3-6-10-18)24(22)19-11-7-4-8-12-19/h3-14,23,32H,15-16H2,1-2H3,(H,28,33). The lowest BCUT2D eigenvalue weighted by molar-refractivity contribution is -0.386. The Hall–Kier alpha value is -4.66. The van der Waals surface area contributed by atoms with Crippen LogP contribution in [0.25, 0.3) is 5.70 Å². The number of aromatic hydroxyl groups is 1. The Bertz CT molecular complexity index is 1340. The summed E-state index contributed by atoms with van der Waals surface area (Å²) in [7, 11) is 1.20. The zero-order valence-corrected chi connectivity index (χ0v) is 19.8. The fraction of sp³-hybridized carbons (Fsp3) is 0.185. The van der Waals surface area contributed by atoms with Gasteiger partial charge in [0.2, 0.25) is 5.75 Å². The Balaban J connectivity index is 1.92. The number of ether oxygens (including phenoxy) is 1. The maximum Gasteiger partial charge on any atom is 0.322 e. The van der Waals surface area contributed by atoms with Gasteiger partial charge in [0.1, 0.15) is 0 Å². The van der Waals surface area contributed by atoms with E-state index < -0.39 is 28.4 Å². The van der Waals surface area contributed by atoms with E-state index in [-0.39, 0.29) is 29.2 Å². The smallest absolute Gasteiger partial charge is 0.322 e. The van der Waals surface area contributed by atoms with Crippen molar-refractivity contribution in [3.63, 3.8) is 0 Å². The molecule has 0 radical (unpaired) electrons. The summed E-state index contributed by atoms with van der Waals surface area (Å²) in [6.45, 7) is 1.65. The van der Waals surface area contributed by atoms with Crippen molar-refractivity contribution in [1.29, 1.82) is 0 Å². The second-order valence-corrected chi connectivity index (χ2v) is 8.27. The van der Waals surface area contributed by atoms with Crippen molar-refractivity contribution >= 4 is 23.2 Å². The molecule has 1 heterocycles. The van der Waals surface area contributed by atoms with E-state index in [0.29, 0.717) is 17.7 Å². The highest BCUT2D eigenvalue weighted by Gasteiger charge is 2.40. The molecule has 1 atom stereocenters. The molecule has 0 spiro atoms. The number of carbonyl (C=O) groups excluding carboxylic acids is 2. The van der Waals surface area contributed by atoms with Gasteiger partial charge in [-0.3, -0.25) is 19.8 Å². The Morgan fingerprint density at radius 1 is 1.08 bits per heavy atom. The number of rotatable bonds is 8. The molecule has 0 saturated carbocycles. The van der Waals surface area contributed by atoms with Gasteiger partial charge in [-0.1, -0.05) is 60.7 Å². The van der Waals surface area contributed by atoms with Crippen LogP contribution >= 0.6 is 0 Å². The molecule has 1 aliphatic heterocycles. The predicted molar refractivity (Wildman–Crippen MR) is 133 cm³/mol. The number of phenols is 1. The summed E-state index contributed by atoms with van der Waals surface area (Å²) in [5.41, 5.74) is 1.74. The molecule has 184 valence electrons. The first-order chi connectivity index (χ1) is 17.3. The SMILES string of the molecule is COc1c(O)ccc(C2NC(=O)N(CCc3ccccc3)C(c3ccccc3)=C2C(C)=O)c1[N+](=O)[O-]. The van der Waals surface area contributed by atoms with E-state index in [0.717, 1.165) is 5.56 Å². The molecular weight excluding hydrogens is 462 g/mol. The summed E-state index contributed by atoms with van der Waals surface area (Å²) < 4.78 is 5.10. The number of amides is 2. The van der Waals surface area contributed by atoms with Crippen molar-refractivity contribution in [1.82, 2.24) is 10.2 Å². The summed E-state index contributed by atoms with van der Waals surface area (Å²) in [6, 6.07) is 19.6. The highest BCUT2D eigenvalue weighted by atomic mass is 16.6. The van der Waals surface area contributed by atoms with E-state index in [1.807, 2.05) is 36.4 Å². The molecule has 0 aliphatic carbocycles. The number of urea groups is 1. The van der Waals surface area contributed by atoms with Crippen LogP contribution < -0.4 is 10.1 Å². The van der Waals surface area contributed by atoms with Crippen LogP contribution in [-0.4, -0.2) is 40.4 Å². The van der Waals surface area contributed by atoms with E-state index in [4.69, 9.17) is 4.74 Å². The van der Waals surface area contributed by atoms with Gasteiger partial charge >= 0.3 is 11.7 Å². The number of methoxy groups -OCH3 is 1. The molecular formula is C27H25N3O6. The largest absolute Gasteiger partial charge is 0.504 e. The second-order valence-electron chi connectivity index (χ2n) is 8.27. The van der Waals surface area contributed by atoms with Crippen molar-refractivity contribution in [3.05, 3.63) is 105 Å². The van der Waals surface area contributed by atoms with Crippen molar-refractivity contribution in [3.8, 4) is 11.5 Å². The lowest BCUT2D eigenvalue weighted by Gasteiger charge is -2.37. The van der Waals surface area contributed by atoms with Gasteiger partial charge in [0, 0.05) is 12.1 Å². The number of carbonyl (C=O) groups is 2. The molecule has 1 unspecified atom stereocenters. The van der Waals surface area contributed by atoms with Gasteiger partial charge in [-0.15, -0.1) is 0 Å². The topological polar surface area (TPSA) is 122 Å². The van der Waals surface area contributed by atoms with Crippen LogP contribution in [0.3, 0.4) is 0 Å². The molecule has 0 saturated heterocycles. The third-order valence-electron chi connectivity index (χ3n) is 6.06. The number of nitrogens with zero attached hydrogens (tertiary/aromatic N) is 2. The Morgan fingerprint density at radius 3 is 2.31 bits per heavy atom. The monoisotopic (exact) mass is 487 g/mol. The number of nitrogens with one attached hydrogen (secondary N) is 1. The highest BCUT2D eigenvalue weighted by Crippen LogP contribution is 2.45. The van der Waals surface area contributed by atoms with Crippen LogP contribution in [0.15, 0.2) is 78.4 Å². The van der Waals surface area contributed by atoms with Gasteiger partial charge in [-0.2, -0.15) is 0 Å². The molecule has 9 heteroatoms. The third kappa shape index (κ3) is 4.63. The minimum absolute atomic E-state index is 0.0318. The molecule has 2 N–H and O–H groups in total. The number of hydrogen-bond acceptors (Lipinski definition) is 6. The highest BCUT2D eigenvalue weighted by molar-refractivity contribution is 6.07. The number of nitro benzene ring substituents is 1. The van der Waals surface area contributed by atoms with Gasteiger partial charge in [-0.25, -0.2) is 4.79 Å². The molecule has 3 aromatic carbocycles. The lowest BCUT2D eigenvalue weighted by atomic mass is 9.88. The molecule has 9 nitrogen and oxygen atoms in total. The number of hydrogen-bond donors (Lipinski definition) is 2. The van der Waals surface area contributed by atoms with Crippen LogP contribution in [-0.2, 0) is 11.2 Å². The van der Waals surface area contributed by atoms with E-state index in [1.54, 1.807) is 24.3 Å². The van der Waals surface area contributed by atoms with Crippen LogP contribution in [0.5, 0.6) is 11.5 Å². The van der Waals surface area contributed by atoms with Gasteiger partial charge in [0.25, 0.3) is 0 Å². The van der Waals surface area contributed by atoms with E-state index in [1.165, 1.54) is 31.1 Å². The van der Waals surface area contributed by atoms with Crippen LogP contribution in [0, 0.1) is 10.1 Å². The van der Waals surface area contributed by atoms with Gasteiger partial charge < -0.3 is 15.2 Å². The summed E-state index contributed by atoms with van der Waals surface area (Å²) in [4.78, 5) is 39.4. The van der Waals surface area contributed by atoms with E-state index >= 15 is 0 Å². The van der Waals surface area contributed by atoms with Crippen LogP contribution in [0.2, 0.25) is 0 Å². The Morgan fingerprint density at radius 2 is 1.72 bits per heavy atom. The maximum atomic E-state index is 13.5. The molecule has 4 rings (SSSR count). The predicted octanol–water partition coefficient (Wildman–Crippen LogP) is 4.62. The Labute approximate surface area is 207 Å². The zero-order valence-electron chi connectivity index (χ0n) is 19.8. The quantitative estimate of drug-likeness (QED) is 0.353. The summed E-state index contributed by atoms with van der Waals surface area (Å²) in [5, 5.41) is 24.9. The number of nitro groups is 1. The van der Waals surface area contributed by atoms with Crippen LogP contribution in [0.4, 0.5) is 10.5 Å². The molecule has 2 amide bonds. The molecule has 3 aromatic rings. The summed E-state index contributed by atoms with van der Waals surface area (Å²) >= 11 is 0. The third-order valence-corrected chi connectivity index (χ3v) is 6.06. The summed E-state index contributed by atoms with van der Waals surface area (Å²) in [6.07, 6.45) is 0.535. The van der Waals surface area contributed by atoms with Gasteiger partial charge in [0.15, 0.2) is 11.5 Å². The lowest BCUT2D eigenvalue weighted by Crippen LogP contribution is -2.48. The normalized spacial score (nSPS) is 15.4. The van der Waals surface area contributed by atoms with Crippen molar-refractivity contribution in [2.75, 3.05) is 13.7 Å². The first-order valence-corrected chi connectivity index (χ1v) is 11.3. The first-order valence-electron chi connectivity index (χ1n) is 11.3. The zero-order chi connectivity index (χ0) is 25.8. The van der Waals surface area contributed by atoms with E-state index in [9.17, 15) is 24.8 Å². The number of phenolic OH excluding ortho intramolecular Hbond substituents is 1. The van der Waals surface area contributed by atoms with Crippen molar-refractivity contribution < 1.29 is 24.4 Å². The van der Waals surface area contributed by atoms with E-state index in [2.05, 4.69) is 5.32 Å². The molecule has 0 bridgehead atoms. The van der Waals surface area contributed by atoms with Crippen molar-refractivity contribution in [2.24, 2.45) is 0 Å². The number of ketones is 1. The molecule has 0 fully saturated rings. The molecule has 36 heavy (non-hydrogen) atoms. The number of benzene rings is 3. The van der Waals surface area contributed by atoms with Gasteiger partial charge in [-0.05, 0) is 36.6 Å². The second kappa shape index (κ2) is 10.3. The average Bonchev–Trinajstić information content (AvgIpc) is 2.88. The van der Waals surface area contributed by atoms with Crippen LogP contribution in [0.1, 0.15) is 29.7 Å². The molecule has 1 aliphatic rings. The fourth-order valence-corrected chi connectivity index (χ4v) is 4.47. The average molecular weight is 488 g/mol. The minimum atomic E-state index is -1.13. The fourth-order valence-electron chi connectivity index (χ4n) is 4.47. The maximum absolute atomic E-state index is 13.5. The molecule has 0 aromatic heterocycles. The first kappa shape index (κ1) is 24.5. The Kier molecular flexibility index (Phi) is 7.00.